The van der Waals surface area contributed by atoms with Gasteiger partial charge in [0.15, 0.2) is 0 Å². The Labute approximate surface area is 98.7 Å². The average Bonchev–Trinajstić information content (AvgIpc) is 2.29. The van der Waals surface area contributed by atoms with Crippen LogP contribution in [0.5, 0.6) is 0 Å². The SMILES string of the molecule is CCC(O)CNC(C)c1ccc(C)c(C)c1. The van der Waals surface area contributed by atoms with Gasteiger partial charge in [0, 0.05) is 12.6 Å². The molecule has 0 saturated carbocycles. The van der Waals surface area contributed by atoms with Crippen LogP contribution >= 0.6 is 0 Å². The van der Waals surface area contributed by atoms with E-state index in [-0.39, 0.29) is 6.10 Å². The third-order valence-corrected chi connectivity index (χ3v) is 3.16. The van der Waals surface area contributed by atoms with Crippen LogP contribution in [0.3, 0.4) is 0 Å². The fourth-order valence-corrected chi connectivity index (χ4v) is 1.61. The molecule has 0 fully saturated rings. The predicted octanol–water partition coefficient (Wildman–Crippen LogP) is 2.72. The minimum Gasteiger partial charge on any atom is -0.392 e. The molecule has 1 aromatic rings. The number of aryl methyl sites for hydroxylation is 2. The van der Waals surface area contributed by atoms with Crippen molar-refractivity contribution in [1.82, 2.24) is 5.32 Å². The van der Waals surface area contributed by atoms with Crippen LogP contribution in [0.25, 0.3) is 0 Å². The molecular weight excluding hydrogens is 198 g/mol. The van der Waals surface area contributed by atoms with E-state index in [4.69, 9.17) is 0 Å². The van der Waals surface area contributed by atoms with Crippen molar-refractivity contribution in [2.75, 3.05) is 6.54 Å². The van der Waals surface area contributed by atoms with Gasteiger partial charge in [-0.15, -0.1) is 0 Å². The molecule has 0 amide bonds. The molecule has 2 unspecified atom stereocenters. The number of hydrogen-bond acceptors (Lipinski definition) is 2. The van der Waals surface area contributed by atoms with Gasteiger partial charge in [0.25, 0.3) is 0 Å². The van der Waals surface area contributed by atoms with Gasteiger partial charge in [-0.25, -0.2) is 0 Å². The zero-order valence-electron chi connectivity index (χ0n) is 10.7. The van der Waals surface area contributed by atoms with E-state index < -0.39 is 0 Å². The van der Waals surface area contributed by atoms with Crippen LogP contribution in [0.1, 0.15) is 43.0 Å². The van der Waals surface area contributed by atoms with Gasteiger partial charge in [-0.3, -0.25) is 0 Å². The minimum atomic E-state index is -0.242. The molecule has 16 heavy (non-hydrogen) atoms. The standard InChI is InChI=1S/C14H23NO/c1-5-14(16)9-15-12(4)13-7-6-10(2)11(3)8-13/h6-8,12,14-16H,5,9H2,1-4H3. The molecule has 90 valence electrons. The van der Waals surface area contributed by atoms with Gasteiger partial charge in [-0.1, -0.05) is 25.1 Å². The van der Waals surface area contributed by atoms with Crippen LogP contribution in [0, 0.1) is 13.8 Å². The quantitative estimate of drug-likeness (QED) is 0.801. The molecule has 2 N–H and O–H groups in total. The lowest BCUT2D eigenvalue weighted by Crippen LogP contribution is -2.28. The van der Waals surface area contributed by atoms with Gasteiger partial charge in [-0.2, -0.15) is 0 Å². The van der Waals surface area contributed by atoms with E-state index in [2.05, 4.69) is 44.3 Å². The van der Waals surface area contributed by atoms with Crippen LogP contribution in [0.4, 0.5) is 0 Å². The summed E-state index contributed by atoms with van der Waals surface area (Å²) >= 11 is 0. The van der Waals surface area contributed by atoms with Crippen LogP contribution in [-0.4, -0.2) is 17.8 Å². The summed E-state index contributed by atoms with van der Waals surface area (Å²) in [5, 5.41) is 12.8. The molecule has 2 heteroatoms. The molecule has 0 bridgehead atoms. The number of aliphatic hydroxyl groups excluding tert-OH is 1. The van der Waals surface area contributed by atoms with Crippen molar-refractivity contribution in [3.05, 3.63) is 34.9 Å². The van der Waals surface area contributed by atoms with E-state index in [0.29, 0.717) is 12.6 Å². The van der Waals surface area contributed by atoms with E-state index in [1.807, 2.05) is 6.92 Å². The Balaban J connectivity index is 2.59. The Morgan fingerprint density at radius 2 is 1.94 bits per heavy atom. The lowest BCUT2D eigenvalue weighted by molar-refractivity contribution is 0.164. The van der Waals surface area contributed by atoms with Crippen LogP contribution in [-0.2, 0) is 0 Å². The molecule has 0 aliphatic carbocycles. The Morgan fingerprint density at radius 1 is 1.25 bits per heavy atom. The molecule has 0 radical (unpaired) electrons. The van der Waals surface area contributed by atoms with E-state index >= 15 is 0 Å². The number of hydrogen-bond donors (Lipinski definition) is 2. The predicted molar refractivity (Wildman–Crippen MR) is 68.6 cm³/mol. The van der Waals surface area contributed by atoms with Crippen molar-refractivity contribution in [3.63, 3.8) is 0 Å². The van der Waals surface area contributed by atoms with E-state index in [1.54, 1.807) is 0 Å². The molecular formula is C14H23NO. The Morgan fingerprint density at radius 3 is 2.50 bits per heavy atom. The maximum atomic E-state index is 9.49. The van der Waals surface area contributed by atoms with Gasteiger partial charge in [-0.05, 0) is 43.9 Å². The molecule has 0 heterocycles. The van der Waals surface area contributed by atoms with E-state index in [0.717, 1.165) is 6.42 Å². The largest absolute Gasteiger partial charge is 0.392 e. The highest BCUT2D eigenvalue weighted by Crippen LogP contribution is 2.16. The first kappa shape index (κ1) is 13.2. The van der Waals surface area contributed by atoms with Crippen molar-refractivity contribution < 1.29 is 5.11 Å². The first-order valence-corrected chi connectivity index (χ1v) is 6.03. The van der Waals surface area contributed by atoms with E-state index in [9.17, 15) is 5.11 Å². The number of rotatable bonds is 5. The second-order valence-corrected chi connectivity index (χ2v) is 4.54. The summed E-state index contributed by atoms with van der Waals surface area (Å²) in [5.74, 6) is 0. The minimum absolute atomic E-state index is 0.242. The summed E-state index contributed by atoms with van der Waals surface area (Å²) in [6, 6.07) is 6.81. The summed E-state index contributed by atoms with van der Waals surface area (Å²) in [5.41, 5.74) is 3.93. The smallest absolute Gasteiger partial charge is 0.0662 e. The van der Waals surface area contributed by atoms with Crippen LogP contribution in [0.15, 0.2) is 18.2 Å². The van der Waals surface area contributed by atoms with Crippen LogP contribution in [0.2, 0.25) is 0 Å². The van der Waals surface area contributed by atoms with Gasteiger partial charge >= 0.3 is 0 Å². The van der Waals surface area contributed by atoms with Gasteiger partial charge < -0.3 is 10.4 Å². The normalized spacial score (nSPS) is 14.8. The van der Waals surface area contributed by atoms with Crippen LogP contribution < -0.4 is 5.32 Å². The second-order valence-electron chi connectivity index (χ2n) is 4.54. The van der Waals surface area contributed by atoms with Crippen molar-refractivity contribution in [2.24, 2.45) is 0 Å². The van der Waals surface area contributed by atoms with Crippen molar-refractivity contribution >= 4 is 0 Å². The molecule has 0 aliphatic rings. The zero-order valence-corrected chi connectivity index (χ0v) is 10.7. The van der Waals surface area contributed by atoms with Crippen molar-refractivity contribution in [2.45, 2.75) is 46.3 Å². The Hall–Kier alpha value is -0.860. The molecule has 0 aliphatic heterocycles. The fraction of sp³-hybridized carbons (Fsp3) is 0.571. The average molecular weight is 221 g/mol. The van der Waals surface area contributed by atoms with Crippen molar-refractivity contribution in [1.29, 1.82) is 0 Å². The van der Waals surface area contributed by atoms with E-state index in [1.165, 1.54) is 16.7 Å². The Kier molecular flexibility index (Phi) is 4.97. The molecule has 2 nitrogen and oxygen atoms in total. The molecule has 0 aromatic heterocycles. The summed E-state index contributed by atoms with van der Waals surface area (Å²) in [6.07, 6.45) is 0.557. The Bertz CT molecular complexity index is 336. The maximum absolute atomic E-state index is 9.49. The second kappa shape index (κ2) is 6.02. The highest BCUT2D eigenvalue weighted by molar-refractivity contribution is 5.31. The number of aliphatic hydroxyl groups is 1. The van der Waals surface area contributed by atoms with Crippen molar-refractivity contribution in [3.8, 4) is 0 Å². The summed E-state index contributed by atoms with van der Waals surface area (Å²) in [7, 11) is 0. The first-order valence-electron chi connectivity index (χ1n) is 6.03. The van der Waals surface area contributed by atoms with Gasteiger partial charge in [0.05, 0.1) is 6.10 Å². The first-order chi connectivity index (χ1) is 7.54. The molecule has 2 atom stereocenters. The zero-order chi connectivity index (χ0) is 12.1. The third-order valence-electron chi connectivity index (χ3n) is 3.16. The molecule has 0 spiro atoms. The number of nitrogens with one attached hydrogen (secondary N) is 1. The molecule has 0 saturated heterocycles. The molecule has 1 aromatic carbocycles. The lowest BCUT2D eigenvalue weighted by Gasteiger charge is -2.17. The summed E-state index contributed by atoms with van der Waals surface area (Å²) in [6.45, 7) is 9.04. The molecule has 1 rings (SSSR count). The van der Waals surface area contributed by atoms with Gasteiger partial charge in [0.2, 0.25) is 0 Å². The summed E-state index contributed by atoms with van der Waals surface area (Å²) < 4.78 is 0. The highest BCUT2D eigenvalue weighted by Gasteiger charge is 2.07. The highest BCUT2D eigenvalue weighted by atomic mass is 16.3. The monoisotopic (exact) mass is 221 g/mol. The fourth-order valence-electron chi connectivity index (χ4n) is 1.61. The topological polar surface area (TPSA) is 32.3 Å². The van der Waals surface area contributed by atoms with Gasteiger partial charge in [0.1, 0.15) is 0 Å². The third kappa shape index (κ3) is 3.62. The number of benzene rings is 1. The lowest BCUT2D eigenvalue weighted by atomic mass is 10.0. The summed E-state index contributed by atoms with van der Waals surface area (Å²) in [4.78, 5) is 0. The maximum Gasteiger partial charge on any atom is 0.0662 e.